The molecule has 2 aliphatic heterocycles. The summed E-state index contributed by atoms with van der Waals surface area (Å²) >= 11 is 0. The molecule has 2 saturated heterocycles. The minimum absolute atomic E-state index is 0.476. The van der Waals surface area contributed by atoms with Crippen molar-refractivity contribution in [1.29, 1.82) is 0 Å². The van der Waals surface area contributed by atoms with E-state index in [9.17, 15) is 0 Å². The molecule has 4 atom stereocenters. The Morgan fingerprint density at radius 3 is 1.56 bits per heavy atom. The Balaban J connectivity index is 2.49. The zero-order valence-electron chi connectivity index (χ0n) is 14.0. The highest BCUT2D eigenvalue weighted by atomic mass is 15.3. The Morgan fingerprint density at radius 1 is 0.889 bits per heavy atom. The van der Waals surface area contributed by atoms with Gasteiger partial charge in [0.15, 0.2) is 0 Å². The first kappa shape index (κ1) is 14.4. The van der Waals surface area contributed by atoms with Crippen LogP contribution in [0, 0.1) is 22.2 Å². The van der Waals surface area contributed by atoms with Crippen molar-refractivity contribution < 1.29 is 0 Å². The molecule has 106 valence electrons. The molecule has 3 rings (SSSR count). The molecule has 18 heavy (non-hydrogen) atoms. The summed E-state index contributed by atoms with van der Waals surface area (Å²) in [5.74, 6) is 0.764. The first-order valence-electron chi connectivity index (χ1n) is 7.81. The van der Waals surface area contributed by atoms with Gasteiger partial charge in [-0.3, -0.25) is 4.90 Å². The molecule has 0 N–H and O–H groups in total. The second-order valence-corrected chi connectivity index (χ2v) is 8.26. The van der Waals surface area contributed by atoms with Crippen LogP contribution in [-0.4, -0.2) is 23.0 Å². The molecule has 3 fully saturated rings. The number of fused-ring (bicyclic) bond motifs is 2. The van der Waals surface area contributed by atoms with Gasteiger partial charge in [0.25, 0.3) is 0 Å². The molecule has 3 aliphatic rings. The first-order chi connectivity index (χ1) is 8.04. The summed E-state index contributed by atoms with van der Waals surface area (Å²) in [5, 5.41) is 0. The van der Waals surface area contributed by atoms with Crippen LogP contribution in [-0.2, 0) is 0 Å². The smallest absolute Gasteiger partial charge is 0.0132 e. The van der Waals surface area contributed by atoms with Crippen molar-refractivity contribution in [3.63, 3.8) is 0 Å². The third kappa shape index (κ3) is 1.23. The highest BCUT2D eigenvalue weighted by Crippen LogP contribution is 2.77. The fraction of sp³-hybridized carbons (Fsp3) is 1.00. The second-order valence-electron chi connectivity index (χ2n) is 8.26. The molecule has 1 heteroatoms. The van der Waals surface area contributed by atoms with Crippen LogP contribution in [0.15, 0.2) is 0 Å². The Hall–Kier alpha value is -0.0400. The second kappa shape index (κ2) is 3.75. The van der Waals surface area contributed by atoms with Gasteiger partial charge in [-0.05, 0) is 56.3 Å². The van der Waals surface area contributed by atoms with E-state index >= 15 is 0 Å². The number of hydrogen-bond donors (Lipinski definition) is 0. The molecule has 4 unspecified atom stereocenters. The third-order valence-corrected chi connectivity index (χ3v) is 7.60. The molecule has 0 aromatic rings. The van der Waals surface area contributed by atoms with Gasteiger partial charge < -0.3 is 0 Å². The van der Waals surface area contributed by atoms with Crippen molar-refractivity contribution in [3.8, 4) is 0 Å². The van der Waals surface area contributed by atoms with E-state index in [0.717, 1.165) is 5.92 Å². The standard InChI is InChI=1S/C17H33N/c1-11(2)17(9)15(7)10-16(17,8)14(6)18(12(3)4)13(15)5/h11-14H,10H2,1-9H3. The van der Waals surface area contributed by atoms with E-state index in [1.54, 1.807) is 0 Å². The van der Waals surface area contributed by atoms with Crippen molar-refractivity contribution in [2.45, 2.75) is 86.9 Å². The SMILES string of the molecule is CC(C)N1C(C)C2(C)CC(C)(C1C)C2(C)C(C)C. The number of rotatable bonds is 2. The monoisotopic (exact) mass is 251 g/mol. The van der Waals surface area contributed by atoms with Crippen LogP contribution < -0.4 is 0 Å². The lowest BCUT2D eigenvalue weighted by molar-refractivity contribution is -0.320. The van der Waals surface area contributed by atoms with E-state index in [-0.39, 0.29) is 0 Å². The van der Waals surface area contributed by atoms with Crippen LogP contribution in [0.1, 0.15) is 68.7 Å². The molecular weight excluding hydrogens is 218 g/mol. The quantitative estimate of drug-likeness (QED) is 0.695. The molecule has 2 heterocycles. The van der Waals surface area contributed by atoms with Gasteiger partial charge in [-0.15, -0.1) is 0 Å². The van der Waals surface area contributed by atoms with Gasteiger partial charge in [-0.25, -0.2) is 0 Å². The summed E-state index contributed by atoms with van der Waals surface area (Å²) in [6, 6.07) is 2.05. The van der Waals surface area contributed by atoms with Gasteiger partial charge in [-0.1, -0.05) is 34.6 Å². The van der Waals surface area contributed by atoms with Crippen molar-refractivity contribution in [2.75, 3.05) is 0 Å². The minimum Gasteiger partial charge on any atom is -0.294 e. The zero-order chi connectivity index (χ0) is 14.1. The Kier molecular flexibility index (Phi) is 2.99. The minimum atomic E-state index is 0.476. The Morgan fingerprint density at radius 2 is 1.28 bits per heavy atom. The first-order valence-corrected chi connectivity index (χ1v) is 7.81. The lowest BCUT2D eigenvalue weighted by Gasteiger charge is -2.81. The van der Waals surface area contributed by atoms with Crippen molar-refractivity contribution in [3.05, 3.63) is 0 Å². The third-order valence-electron chi connectivity index (χ3n) is 7.60. The molecule has 0 spiro atoms. The average molecular weight is 251 g/mol. The number of hydrogen-bond acceptors (Lipinski definition) is 1. The molecular formula is C17H33N. The molecule has 1 aliphatic carbocycles. The molecule has 2 bridgehead atoms. The molecule has 0 radical (unpaired) electrons. The maximum Gasteiger partial charge on any atom is 0.0132 e. The summed E-state index contributed by atoms with van der Waals surface area (Å²) in [4.78, 5) is 2.77. The van der Waals surface area contributed by atoms with Gasteiger partial charge in [-0.2, -0.15) is 0 Å². The van der Waals surface area contributed by atoms with Crippen LogP contribution >= 0.6 is 0 Å². The predicted molar refractivity (Wildman–Crippen MR) is 79.7 cm³/mol. The summed E-state index contributed by atoms with van der Waals surface area (Å²) < 4.78 is 0. The fourth-order valence-electron chi connectivity index (χ4n) is 6.05. The maximum atomic E-state index is 2.77. The lowest BCUT2D eigenvalue weighted by Crippen LogP contribution is -2.81. The van der Waals surface area contributed by atoms with Crippen LogP contribution in [0.25, 0.3) is 0 Å². The highest BCUT2D eigenvalue weighted by Gasteiger charge is 2.75. The Labute approximate surface area is 114 Å². The van der Waals surface area contributed by atoms with Crippen LogP contribution in [0.3, 0.4) is 0 Å². The molecule has 0 amide bonds. The van der Waals surface area contributed by atoms with E-state index in [2.05, 4.69) is 67.2 Å². The molecule has 1 nitrogen and oxygen atoms in total. The van der Waals surface area contributed by atoms with E-state index in [1.807, 2.05) is 0 Å². The highest BCUT2D eigenvalue weighted by molar-refractivity contribution is 5.25. The average Bonchev–Trinajstić information content (AvgIpc) is 2.24. The van der Waals surface area contributed by atoms with Gasteiger partial charge >= 0.3 is 0 Å². The van der Waals surface area contributed by atoms with Crippen LogP contribution in [0.5, 0.6) is 0 Å². The van der Waals surface area contributed by atoms with Crippen molar-refractivity contribution in [2.24, 2.45) is 22.2 Å². The largest absolute Gasteiger partial charge is 0.294 e. The topological polar surface area (TPSA) is 3.24 Å². The van der Waals surface area contributed by atoms with E-state index in [1.165, 1.54) is 6.42 Å². The summed E-state index contributed by atoms with van der Waals surface area (Å²) in [6.45, 7) is 22.2. The molecule has 0 aromatic carbocycles. The number of piperidine rings is 2. The molecule has 1 saturated carbocycles. The van der Waals surface area contributed by atoms with Crippen molar-refractivity contribution >= 4 is 0 Å². The van der Waals surface area contributed by atoms with E-state index < -0.39 is 0 Å². The summed E-state index contributed by atoms with van der Waals surface area (Å²) in [7, 11) is 0. The van der Waals surface area contributed by atoms with Crippen LogP contribution in [0.2, 0.25) is 0 Å². The van der Waals surface area contributed by atoms with Gasteiger partial charge in [0.05, 0.1) is 0 Å². The van der Waals surface area contributed by atoms with Crippen molar-refractivity contribution in [1.82, 2.24) is 4.90 Å². The fourth-order valence-corrected chi connectivity index (χ4v) is 6.05. The van der Waals surface area contributed by atoms with Gasteiger partial charge in [0.1, 0.15) is 0 Å². The van der Waals surface area contributed by atoms with E-state index in [0.29, 0.717) is 34.4 Å². The lowest BCUT2D eigenvalue weighted by atomic mass is 9.29. The zero-order valence-corrected chi connectivity index (χ0v) is 14.0. The van der Waals surface area contributed by atoms with Gasteiger partial charge in [0.2, 0.25) is 0 Å². The van der Waals surface area contributed by atoms with E-state index in [4.69, 9.17) is 0 Å². The number of nitrogens with zero attached hydrogens (tertiary/aromatic N) is 1. The van der Waals surface area contributed by atoms with Crippen LogP contribution in [0.4, 0.5) is 0 Å². The normalized spacial score (nSPS) is 52.8. The Bertz CT molecular complexity index is 324. The van der Waals surface area contributed by atoms with Gasteiger partial charge in [0, 0.05) is 18.1 Å². The maximum absolute atomic E-state index is 2.77. The summed E-state index contributed by atoms with van der Waals surface area (Å²) in [6.07, 6.45) is 1.40. The molecule has 0 aromatic heterocycles. The predicted octanol–water partition coefficient (Wildman–Crippen LogP) is 4.57. The summed E-state index contributed by atoms with van der Waals surface area (Å²) in [5.41, 5.74) is 1.43.